The van der Waals surface area contributed by atoms with E-state index in [1.165, 1.54) is 37.8 Å². The number of hydrogen-bond donors (Lipinski definition) is 1. The van der Waals surface area contributed by atoms with Gasteiger partial charge in [-0.2, -0.15) is 0 Å². The lowest BCUT2D eigenvalue weighted by Crippen LogP contribution is -2.23. The Labute approximate surface area is 94.9 Å². The summed E-state index contributed by atoms with van der Waals surface area (Å²) >= 11 is 0. The molecule has 0 bridgehead atoms. The maximum Gasteiger partial charge on any atom is 0.159 e. The third-order valence-corrected chi connectivity index (χ3v) is 3.49. The fourth-order valence-corrected chi connectivity index (χ4v) is 2.67. The van der Waals surface area contributed by atoms with Crippen molar-refractivity contribution in [1.82, 2.24) is 5.32 Å². The van der Waals surface area contributed by atoms with E-state index in [-0.39, 0.29) is 6.04 Å². The van der Waals surface area contributed by atoms with Crippen LogP contribution in [0, 0.1) is 17.6 Å². The van der Waals surface area contributed by atoms with Crippen LogP contribution in [0.3, 0.4) is 0 Å². The standard InChI is InChI=1S/C13H17F2N/c1-16-13(9-4-2-3-5-9)10-6-7-11(14)12(15)8-10/h6-9,13,16H,2-5H2,1H3. The molecule has 2 rings (SSSR count). The monoisotopic (exact) mass is 225 g/mol. The maximum absolute atomic E-state index is 13.2. The largest absolute Gasteiger partial charge is 0.313 e. The number of rotatable bonds is 3. The number of hydrogen-bond acceptors (Lipinski definition) is 1. The Balaban J connectivity index is 2.22. The minimum atomic E-state index is -0.773. The van der Waals surface area contributed by atoms with E-state index in [4.69, 9.17) is 0 Å². The predicted octanol–water partition coefficient (Wildman–Crippen LogP) is 3.42. The van der Waals surface area contributed by atoms with Crippen molar-refractivity contribution in [3.63, 3.8) is 0 Å². The summed E-state index contributed by atoms with van der Waals surface area (Å²) in [6, 6.07) is 4.36. The van der Waals surface area contributed by atoms with Gasteiger partial charge in [0.05, 0.1) is 0 Å². The highest BCUT2D eigenvalue weighted by molar-refractivity contribution is 5.22. The molecule has 1 aliphatic rings. The van der Waals surface area contributed by atoms with Crippen molar-refractivity contribution < 1.29 is 8.78 Å². The molecule has 1 fully saturated rings. The first-order chi connectivity index (χ1) is 7.72. The average Bonchev–Trinajstić information content (AvgIpc) is 2.78. The van der Waals surface area contributed by atoms with Gasteiger partial charge in [-0.1, -0.05) is 18.9 Å². The second-order valence-electron chi connectivity index (χ2n) is 4.48. The van der Waals surface area contributed by atoms with Gasteiger partial charge in [0.25, 0.3) is 0 Å². The first-order valence-electron chi connectivity index (χ1n) is 5.84. The van der Waals surface area contributed by atoms with E-state index >= 15 is 0 Å². The topological polar surface area (TPSA) is 12.0 Å². The molecule has 0 radical (unpaired) electrons. The molecule has 1 aliphatic carbocycles. The van der Waals surface area contributed by atoms with Gasteiger partial charge in [-0.3, -0.25) is 0 Å². The molecule has 0 aliphatic heterocycles. The van der Waals surface area contributed by atoms with Crippen LogP contribution in [0.1, 0.15) is 37.3 Å². The molecule has 0 amide bonds. The van der Waals surface area contributed by atoms with Gasteiger partial charge in [-0.15, -0.1) is 0 Å². The quantitative estimate of drug-likeness (QED) is 0.831. The first-order valence-corrected chi connectivity index (χ1v) is 5.84. The summed E-state index contributed by atoms with van der Waals surface area (Å²) < 4.78 is 26.0. The number of halogens is 2. The molecule has 1 N–H and O–H groups in total. The van der Waals surface area contributed by atoms with Gasteiger partial charge in [0.2, 0.25) is 0 Å². The van der Waals surface area contributed by atoms with Crippen LogP contribution in [-0.4, -0.2) is 7.05 Å². The molecule has 0 spiro atoms. The number of nitrogens with one attached hydrogen (secondary N) is 1. The normalized spacial score (nSPS) is 18.9. The van der Waals surface area contributed by atoms with Crippen molar-refractivity contribution in [2.24, 2.45) is 5.92 Å². The zero-order chi connectivity index (χ0) is 11.5. The fraction of sp³-hybridized carbons (Fsp3) is 0.538. The maximum atomic E-state index is 13.2. The summed E-state index contributed by atoms with van der Waals surface area (Å²) in [5.74, 6) is -0.976. The van der Waals surface area contributed by atoms with Gasteiger partial charge < -0.3 is 5.32 Å². The summed E-state index contributed by atoms with van der Waals surface area (Å²) in [7, 11) is 1.88. The van der Waals surface area contributed by atoms with Gasteiger partial charge in [0, 0.05) is 6.04 Å². The van der Waals surface area contributed by atoms with Gasteiger partial charge in [-0.05, 0) is 43.5 Å². The minimum Gasteiger partial charge on any atom is -0.313 e. The van der Waals surface area contributed by atoms with Crippen molar-refractivity contribution in [2.75, 3.05) is 7.05 Å². The average molecular weight is 225 g/mol. The van der Waals surface area contributed by atoms with Crippen LogP contribution in [0.2, 0.25) is 0 Å². The summed E-state index contributed by atoms with van der Waals surface area (Å²) in [5, 5.41) is 3.22. The van der Waals surface area contributed by atoms with Crippen LogP contribution in [0.25, 0.3) is 0 Å². The molecule has 16 heavy (non-hydrogen) atoms. The Morgan fingerprint density at radius 1 is 1.19 bits per heavy atom. The Morgan fingerprint density at radius 3 is 2.44 bits per heavy atom. The highest BCUT2D eigenvalue weighted by Gasteiger charge is 2.25. The molecule has 1 saturated carbocycles. The van der Waals surface area contributed by atoms with E-state index in [1.54, 1.807) is 6.07 Å². The van der Waals surface area contributed by atoms with Gasteiger partial charge >= 0.3 is 0 Å². The molecule has 88 valence electrons. The van der Waals surface area contributed by atoms with E-state index < -0.39 is 11.6 Å². The van der Waals surface area contributed by atoms with Crippen molar-refractivity contribution in [3.05, 3.63) is 35.4 Å². The number of benzene rings is 1. The first kappa shape index (κ1) is 11.5. The molecule has 1 nitrogen and oxygen atoms in total. The van der Waals surface area contributed by atoms with Gasteiger partial charge in [0.1, 0.15) is 0 Å². The lowest BCUT2D eigenvalue weighted by atomic mass is 9.92. The smallest absolute Gasteiger partial charge is 0.159 e. The molecule has 1 aromatic carbocycles. The Kier molecular flexibility index (Phi) is 3.54. The van der Waals surface area contributed by atoms with E-state index in [0.29, 0.717) is 5.92 Å². The molecule has 3 heteroatoms. The van der Waals surface area contributed by atoms with E-state index in [2.05, 4.69) is 5.32 Å². The molecular formula is C13H17F2N. The molecule has 1 atom stereocenters. The Bertz CT molecular complexity index is 359. The molecule has 1 unspecified atom stereocenters. The Morgan fingerprint density at radius 2 is 1.88 bits per heavy atom. The van der Waals surface area contributed by atoms with Gasteiger partial charge in [0.15, 0.2) is 11.6 Å². The van der Waals surface area contributed by atoms with E-state index in [1.807, 2.05) is 7.05 Å². The second kappa shape index (κ2) is 4.91. The van der Waals surface area contributed by atoms with E-state index in [0.717, 1.165) is 5.56 Å². The highest BCUT2D eigenvalue weighted by Crippen LogP contribution is 2.35. The summed E-state index contributed by atoms with van der Waals surface area (Å²) in [6.07, 6.45) is 4.83. The fourth-order valence-electron chi connectivity index (χ4n) is 2.67. The highest BCUT2D eigenvalue weighted by atomic mass is 19.2. The zero-order valence-corrected chi connectivity index (χ0v) is 9.47. The molecule has 1 aromatic rings. The van der Waals surface area contributed by atoms with Crippen LogP contribution < -0.4 is 5.32 Å². The van der Waals surface area contributed by atoms with Crippen LogP contribution in [0.15, 0.2) is 18.2 Å². The zero-order valence-electron chi connectivity index (χ0n) is 9.47. The minimum absolute atomic E-state index is 0.151. The molecule has 0 aromatic heterocycles. The molecule has 0 heterocycles. The van der Waals surface area contributed by atoms with E-state index in [9.17, 15) is 8.78 Å². The molecule has 0 saturated heterocycles. The summed E-state index contributed by atoms with van der Waals surface area (Å²) in [5.41, 5.74) is 0.855. The van der Waals surface area contributed by atoms with Crippen LogP contribution in [-0.2, 0) is 0 Å². The lowest BCUT2D eigenvalue weighted by molar-refractivity contribution is 0.387. The van der Waals surface area contributed by atoms with Crippen molar-refractivity contribution in [1.29, 1.82) is 0 Å². The van der Waals surface area contributed by atoms with Gasteiger partial charge in [-0.25, -0.2) is 8.78 Å². The van der Waals surface area contributed by atoms with Crippen LogP contribution in [0.5, 0.6) is 0 Å². The van der Waals surface area contributed by atoms with Crippen molar-refractivity contribution in [3.8, 4) is 0 Å². The Hall–Kier alpha value is -0.960. The third kappa shape index (κ3) is 2.24. The van der Waals surface area contributed by atoms with Crippen molar-refractivity contribution in [2.45, 2.75) is 31.7 Å². The van der Waals surface area contributed by atoms with Crippen LogP contribution in [0.4, 0.5) is 8.78 Å². The van der Waals surface area contributed by atoms with Crippen LogP contribution >= 0.6 is 0 Å². The lowest BCUT2D eigenvalue weighted by Gasteiger charge is -2.23. The van der Waals surface area contributed by atoms with Crippen molar-refractivity contribution >= 4 is 0 Å². The summed E-state index contributed by atoms with van der Waals surface area (Å²) in [4.78, 5) is 0. The molecular weight excluding hydrogens is 208 g/mol. The SMILES string of the molecule is CNC(c1ccc(F)c(F)c1)C1CCCC1. The predicted molar refractivity (Wildman–Crippen MR) is 60.1 cm³/mol. The second-order valence-corrected chi connectivity index (χ2v) is 4.48. The summed E-state index contributed by atoms with van der Waals surface area (Å²) in [6.45, 7) is 0. The third-order valence-electron chi connectivity index (χ3n) is 3.49.